The number of methoxy groups -OCH3 is 2. The third-order valence-electron chi connectivity index (χ3n) is 2.76. The van der Waals surface area contributed by atoms with E-state index in [0.29, 0.717) is 23.1 Å². The standard InChI is InChI=1S/C13H15ClN2O2S/c1-7-11(6-15)19-13(16-7)8-4-9(14)12(18-3)10(5-8)17-2/h4-5H,6,15H2,1-3H3. The Morgan fingerprint density at radius 3 is 2.58 bits per heavy atom. The van der Waals surface area contributed by atoms with Gasteiger partial charge in [-0.25, -0.2) is 4.98 Å². The van der Waals surface area contributed by atoms with Gasteiger partial charge in [-0.1, -0.05) is 11.6 Å². The monoisotopic (exact) mass is 298 g/mol. The highest BCUT2D eigenvalue weighted by atomic mass is 35.5. The molecule has 19 heavy (non-hydrogen) atoms. The van der Waals surface area contributed by atoms with Gasteiger partial charge in [0, 0.05) is 17.0 Å². The minimum absolute atomic E-state index is 0.491. The second-order valence-corrected chi connectivity index (χ2v) is 5.42. The summed E-state index contributed by atoms with van der Waals surface area (Å²) in [7, 11) is 3.14. The van der Waals surface area contributed by atoms with Gasteiger partial charge in [0.2, 0.25) is 0 Å². The van der Waals surface area contributed by atoms with Gasteiger partial charge in [0.25, 0.3) is 0 Å². The SMILES string of the molecule is COc1cc(-c2nc(C)c(CN)s2)cc(Cl)c1OC. The van der Waals surface area contributed by atoms with Crippen LogP contribution in [0.3, 0.4) is 0 Å². The summed E-state index contributed by atoms with van der Waals surface area (Å²) in [6, 6.07) is 3.69. The van der Waals surface area contributed by atoms with Crippen molar-refractivity contribution in [3.8, 4) is 22.1 Å². The zero-order valence-electron chi connectivity index (χ0n) is 11.0. The number of halogens is 1. The van der Waals surface area contributed by atoms with E-state index in [1.165, 1.54) is 0 Å². The van der Waals surface area contributed by atoms with Crippen molar-refractivity contribution in [2.45, 2.75) is 13.5 Å². The Kier molecular flexibility index (Phi) is 4.29. The second-order valence-electron chi connectivity index (χ2n) is 3.93. The normalized spacial score (nSPS) is 10.6. The Balaban J connectivity index is 2.53. The quantitative estimate of drug-likeness (QED) is 0.941. The van der Waals surface area contributed by atoms with E-state index in [1.54, 1.807) is 25.6 Å². The summed E-state index contributed by atoms with van der Waals surface area (Å²) in [4.78, 5) is 5.58. The van der Waals surface area contributed by atoms with Crippen LogP contribution in [-0.2, 0) is 6.54 Å². The second kappa shape index (κ2) is 5.77. The first-order valence-corrected chi connectivity index (χ1v) is 6.88. The van der Waals surface area contributed by atoms with Crippen molar-refractivity contribution in [1.29, 1.82) is 0 Å². The number of benzene rings is 1. The van der Waals surface area contributed by atoms with Gasteiger partial charge in [0.15, 0.2) is 11.5 Å². The van der Waals surface area contributed by atoms with Gasteiger partial charge in [-0.2, -0.15) is 0 Å². The zero-order valence-corrected chi connectivity index (χ0v) is 12.6. The van der Waals surface area contributed by atoms with E-state index in [4.69, 9.17) is 26.8 Å². The minimum atomic E-state index is 0.491. The molecule has 0 saturated heterocycles. The number of hydrogen-bond acceptors (Lipinski definition) is 5. The molecule has 0 aliphatic rings. The molecule has 0 aliphatic carbocycles. The van der Waals surface area contributed by atoms with Gasteiger partial charge >= 0.3 is 0 Å². The summed E-state index contributed by atoms with van der Waals surface area (Å²) in [5.41, 5.74) is 7.52. The van der Waals surface area contributed by atoms with Crippen LogP contribution in [0.5, 0.6) is 11.5 Å². The van der Waals surface area contributed by atoms with Crippen molar-refractivity contribution in [2.75, 3.05) is 14.2 Å². The largest absolute Gasteiger partial charge is 0.493 e. The average molecular weight is 299 g/mol. The predicted octanol–water partition coefficient (Wildman–Crippen LogP) is 3.25. The first-order valence-electron chi connectivity index (χ1n) is 5.69. The predicted molar refractivity (Wildman–Crippen MR) is 78.3 cm³/mol. The van der Waals surface area contributed by atoms with Crippen molar-refractivity contribution in [1.82, 2.24) is 4.98 Å². The van der Waals surface area contributed by atoms with E-state index in [1.807, 2.05) is 19.1 Å². The van der Waals surface area contributed by atoms with Crippen LogP contribution < -0.4 is 15.2 Å². The lowest BCUT2D eigenvalue weighted by Crippen LogP contribution is -1.94. The molecular weight excluding hydrogens is 284 g/mol. The highest BCUT2D eigenvalue weighted by Gasteiger charge is 2.15. The molecule has 0 amide bonds. The van der Waals surface area contributed by atoms with Crippen LogP contribution >= 0.6 is 22.9 Å². The van der Waals surface area contributed by atoms with Gasteiger partial charge in [-0.3, -0.25) is 0 Å². The van der Waals surface area contributed by atoms with Crippen molar-refractivity contribution >= 4 is 22.9 Å². The molecule has 6 heteroatoms. The molecule has 1 aromatic heterocycles. The number of rotatable bonds is 4. The molecule has 1 aromatic carbocycles. The molecular formula is C13H15ClN2O2S. The Morgan fingerprint density at radius 2 is 2.05 bits per heavy atom. The topological polar surface area (TPSA) is 57.4 Å². The molecule has 1 heterocycles. The molecule has 0 fully saturated rings. The summed E-state index contributed by atoms with van der Waals surface area (Å²) in [5, 5.41) is 1.37. The summed E-state index contributed by atoms with van der Waals surface area (Å²) < 4.78 is 10.5. The van der Waals surface area contributed by atoms with Gasteiger partial charge in [-0.05, 0) is 19.1 Å². The van der Waals surface area contributed by atoms with Crippen molar-refractivity contribution in [3.63, 3.8) is 0 Å². The van der Waals surface area contributed by atoms with E-state index in [9.17, 15) is 0 Å². The van der Waals surface area contributed by atoms with Gasteiger partial charge < -0.3 is 15.2 Å². The van der Waals surface area contributed by atoms with Crippen LogP contribution in [-0.4, -0.2) is 19.2 Å². The molecule has 0 atom stereocenters. The van der Waals surface area contributed by atoms with E-state index in [2.05, 4.69) is 4.98 Å². The van der Waals surface area contributed by atoms with Gasteiger partial charge in [-0.15, -0.1) is 11.3 Å². The molecule has 0 spiro atoms. The molecule has 0 unspecified atom stereocenters. The van der Waals surface area contributed by atoms with Crippen molar-refractivity contribution < 1.29 is 9.47 Å². The number of aromatic nitrogens is 1. The van der Waals surface area contributed by atoms with E-state index < -0.39 is 0 Å². The van der Waals surface area contributed by atoms with E-state index in [-0.39, 0.29) is 0 Å². The zero-order chi connectivity index (χ0) is 14.0. The van der Waals surface area contributed by atoms with Crippen LogP contribution in [0.2, 0.25) is 5.02 Å². The molecule has 0 radical (unpaired) electrons. The van der Waals surface area contributed by atoms with E-state index in [0.717, 1.165) is 21.1 Å². The maximum absolute atomic E-state index is 6.19. The third-order valence-corrected chi connectivity index (χ3v) is 4.27. The van der Waals surface area contributed by atoms with Crippen LogP contribution in [0.1, 0.15) is 10.6 Å². The Hall–Kier alpha value is -1.30. The summed E-state index contributed by atoms with van der Waals surface area (Å²) in [6.45, 7) is 2.44. The molecule has 4 nitrogen and oxygen atoms in total. The van der Waals surface area contributed by atoms with Gasteiger partial charge in [0.05, 0.1) is 24.9 Å². The molecule has 0 aliphatic heterocycles. The Morgan fingerprint density at radius 1 is 1.32 bits per heavy atom. The average Bonchev–Trinajstić information content (AvgIpc) is 2.79. The number of hydrogen-bond donors (Lipinski definition) is 1. The van der Waals surface area contributed by atoms with Crippen molar-refractivity contribution in [2.24, 2.45) is 5.73 Å². The Bertz CT molecular complexity index is 599. The first kappa shape index (κ1) is 14.1. The molecule has 2 N–H and O–H groups in total. The number of aryl methyl sites for hydroxylation is 1. The van der Waals surface area contributed by atoms with Crippen LogP contribution in [0.15, 0.2) is 12.1 Å². The van der Waals surface area contributed by atoms with E-state index >= 15 is 0 Å². The van der Waals surface area contributed by atoms with Crippen molar-refractivity contribution in [3.05, 3.63) is 27.7 Å². The maximum Gasteiger partial charge on any atom is 0.179 e. The number of nitrogens with two attached hydrogens (primary N) is 1. The molecule has 0 saturated carbocycles. The summed E-state index contributed by atoms with van der Waals surface area (Å²) >= 11 is 7.75. The fraction of sp³-hybridized carbons (Fsp3) is 0.308. The first-order chi connectivity index (χ1) is 9.10. The lowest BCUT2D eigenvalue weighted by molar-refractivity contribution is 0.355. The highest BCUT2D eigenvalue weighted by molar-refractivity contribution is 7.15. The maximum atomic E-state index is 6.19. The fourth-order valence-electron chi connectivity index (χ4n) is 1.78. The minimum Gasteiger partial charge on any atom is -0.493 e. The molecule has 102 valence electrons. The molecule has 2 aromatic rings. The van der Waals surface area contributed by atoms with Crippen LogP contribution in [0, 0.1) is 6.92 Å². The Labute approximate surface area is 121 Å². The lowest BCUT2D eigenvalue weighted by atomic mass is 10.2. The summed E-state index contributed by atoms with van der Waals surface area (Å²) in [5.74, 6) is 1.12. The number of ether oxygens (including phenoxy) is 2. The van der Waals surface area contributed by atoms with Crippen LogP contribution in [0.25, 0.3) is 10.6 Å². The van der Waals surface area contributed by atoms with Gasteiger partial charge in [0.1, 0.15) is 5.01 Å². The van der Waals surface area contributed by atoms with Crippen LogP contribution in [0.4, 0.5) is 0 Å². The summed E-state index contributed by atoms with van der Waals surface area (Å²) in [6.07, 6.45) is 0. The third kappa shape index (κ3) is 2.68. The molecule has 2 rings (SSSR count). The number of nitrogens with zero attached hydrogens (tertiary/aromatic N) is 1. The smallest absolute Gasteiger partial charge is 0.179 e. The number of thiazole rings is 1. The fourth-order valence-corrected chi connectivity index (χ4v) is 3.00. The lowest BCUT2D eigenvalue weighted by Gasteiger charge is -2.10. The highest BCUT2D eigenvalue weighted by Crippen LogP contribution is 2.40. The molecule has 0 bridgehead atoms.